The first-order chi connectivity index (χ1) is 18.2. The van der Waals surface area contributed by atoms with E-state index in [4.69, 9.17) is 0 Å². The second-order valence-electron chi connectivity index (χ2n) is 10.6. The summed E-state index contributed by atoms with van der Waals surface area (Å²) in [6.07, 6.45) is 0. The topological polar surface area (TPSA) is 86.8 Å². The van der Waals surface area contributed by atoms with Gasteiger partial charge in [-0.05, 0) is 76.9 Å². The third kappa shape index (κ3) is 7.44. The molecule has 3 aromatic rings. The first kappa shape index (κ1) is 29.8. The van der Waals surface area contributed by atoms with Gasteiger partial charge in [-0.1, -0.05) is 48.5 Å². The molecule has 208 valence electrons. The molecule has 1 N–H and O–H groups in total. The maximum atomic E-state index is 14.6. The van der Waals surface area contributed by atoms with Gasteiger partial charge in [0.15, 0.2) is 0 Å². The van der Waals surface area contributed by atoms with E-state index in [-0.39, 0.29) is 17.0 Å². The lowest BCUT2D eigenvalue weighted by atomic mass is 10.1. The summed E-state index contributed by atoms with van der Waals surface area (Å²) < 4.78 is 43.5. The average Bonchev–Trinajstić information content (AvgIpc) is 2.87. The molecule has 0 aliphatic heterocycles. The Morgan fingerprint density at radius 3 is 2.18 bits per heavy atom. The van der Waals surface area contributed by atoms with Crippen LogP contribution in [-0.2, 0) is 26.2 Å². The van der Waals surface area contributed by atoms with Crippen LogP contribution in [0.4, 0.5) is 10.1 Å². The van der Waals surface area contributed by atoms with Gasteiger partial charge in [0.25, 0.3) is 10.0 Å². The lowest BCUT2D eigenvalue weighted by molar-refractivity contribution is -0.140. The number of rotatable bonds is 9. The van der Waals surface area contributed by atoms with E-state index in [0.29, 0.717) is 11.3 Å². The van der Waals surface area contributed by atoms with Crippen molar-refractivity contribution in [3.8, 4) is 0 Å². The Hall–Kier alpha value is -3.72. The van der Waals surface area contributed by atoms with E-state index in [9.17, 15) is 22.4 Å². The minimum absolute atomic E-state index is 0.0258. The van der Waals surface area contributed by atoms with Gasteiger partial charge in [0.1, 0.15) is 18.4 Å². The second-order valence-corrected chi connectivity index (χ2v) is 12.5. The molecule has 0 saturated carbocycles. The van der Waals surface area contributed by atoms with Crippen LogP contribution in [0.5, 0.6) is 0 Å². The number of nitrogens with one attached hydrogen (secondary N) is 1. The van der Waals surface area contributed by atoms with Crippen LogP contribution in [0.2, 0.25) is 0 Å². The van der Waals surface area contributed by atoms with Crippen molar-refractivity contribution in [2.75, 3.05) is 10.8 Å². The van der Waals surface area contributed by atoms with Crippen molar-refractivity contribution in [1.29, 1.82) is 0 Å². The standard InChI is InChI=1S/C30H36FN3O4S/c1-21-16-17-22(2)27(18-21)34(39(37,38)25-13-8-7-9-14-25)20-28(35)33(19-24-12-10-11-15-26(24)31)23(3)29(36)32-30(4,5)6/h7-18,23H,19-20H2,1-6H3,(H,32,36). The smallest absolute Gasteiger partial charge is 0.264 e. The third-order valence-corrected chi connectivity index (χ3v) is 7.98. The average molecular weight is 554 g/mol. The van der Waals surface area contributed by atoms with Crippen molar-refractivity contribution in [3.63, 3.8) is 0 Å². The minimum atomic E-state index is -4.17. The fourth-order valence-corrected chi connectivity index (χ4v) is 5.58. The summed E-state index contributed by atoms with van der Waals surface area (Å²) in [5, 5.41) is 2.85. The minimum Gasteiger partial charge on any atom is -0.350 e. The maximum Gasteiger partial charge on any atom is 0.264 e. The quantitative estimate of drug-likeness (QED) is 0.405. The number of anilines is 1. The van der Waals surface area contributed by atoms with E-state index in [0.717, 1.165) is 9.87 Å². The molecule has 3 aromatic carbocycles. The van der Waals surface area contributed by atoms with Gasteiger partial charge in [0.05, 0.1) is 10.6 Å². The molecule has 0 bridgehead atoms. The molecule has 0 spiro atoms. The van der Waals surface area contributed by atoms with Gasteiger partial charge in [0, 0.05) is 17.6 Å². The summed E-state index contributed by atoms with van der Waals surface area (Å²) in [5.74, 6) is -1.60. The second kappa shape index (κ2) is 12.0. The third-order valence-electron chi connectivity index (χ3n) is 6.21. The van der Waals surface area contributed by atoms with E-state index >= 15 is 0 Å². The molecule has 0 aliphatic carbocycles. The molecular formula is C30H36FN3O4S. The highest BCUT2D eigenvalue weighted by Crippen LogP contribution is 2.28. The van der Waals surface area contributed by atoms with Gasteiger partial charge in [-0.15, -0.1) is 0 Å². The number of halogens is 1. The Balaban J connectivity index is 2.08. The Morgan fingerprint density at radius 2 is 1.56 bits per heavy atom. The van der Waals surface area contributed by atoms with Gasteiger partial charge in [-0.3, -0.25) is 13.9 Å². The molecule has 2 amide bonds. The number of aryl methyl sites for hydroxylation is 2. The molecule has 39 heavy (non-hydrogen) atoms. The number of hydrogen-bond acceptors (Lipinski definition) is 4. The number of carbonyl (C=O) groups excluding carboxylic acids is 2. The summed E-state index contributed by atoms with van der Waals surface area (Å²) in [4.78, 5) is 28.3. The summed E-state index contributed by atoms with van der Waals surface area (Å²) in [6, 6.07) is 18.2. The predicted molar refractivity (Wildman–Crippen MR) is 151 cm³/mol. The summed E-state index contributed by atoms with van der Waals surface area (Å²) in [7, 11) is -4.17. The Bertz CT molecular complexity index is 1440. The highest BCUT2D eigenvalue weighted by atomic mass is 32.2. The number of hydrogen-bond donors (Lipinski definition) is 1. The highest BCUT2D eigenvalue weighted by molar-refractivity contribution is 7.92. The van der Waals surface area contributed by atoms with Gasteiger partial charge >= 0.3 is 0 Å². The van der Waals surface area contributed by atoms with Crippen LogP contribution >= 0.6 is 0 Å². The van der Waals surface area contributed by atoms with Crippen LogP contribution in [0, 0.1) is 19.7 Å². The number of carbonyl (C=O) groups is 2. The van der Waals surface area contributed by atoms with Crippen LogP contribution in [0.3, 0.4) is 0 Å². The predicted octanol–water partition coefficient (Wildman–Crippen LogP) is 4.97. The van der Waals surface area contributed by atoms with Crippen molar-refractivity contribution in [2.45, 2.75) is 64.6 Å². The van der Waals surface area contributed by atoms with Crippen LogP contribution in [0.25, 0.3) is 0 Å². The molecule has 0 saturated heterocycles. The maximum absolute atomic E-state index is 14.6. The molecule has 7 nitrogen and oxygen atoms in total. The van der Waals surface area contributed by atoms with Crippen LogP contribution in [-0.4, -0.2) is 43.3 Å². The van der Waals surface area contributed by atoms with Crippen molar-refractivity contribution < 1.29 is 22.4 Å². The number of amides is 2. The van der Waals surface area contributed by atoms with Gasteiger partial charge in [0.2, 0.25) is 11.8 Å². The summed E-state index contributed by atoms with van der Waals surface area (Å²) in [5.41, 5.74) is 1.47. The number of benzene rings is 3. The van der Waals surface area contributed by atoms with Gasteiger partial charge < -0.3 is 10.2 Å². The molecule has 0 aliphatic rings. The molecule has 9 heteroatoms. The zero-order valence-corrected chi connectivity index (χ0v) is 24.0. The number of sulfonamides is 1. The van der Waals surface area contributed by atoms with E-state index < -0.39 is 45.8 Å². The summed E-state index contributed by atoms with van der Waals surface area (Å²) >= 11 is 0. The lowest BCUT2D eigenvalue weighted by Crippen LogP contribution is -2.54. The Labute approximate surface area is 230 Å². The lowest BCUT2D eigenvalue weighted by Gasteiger charge is -2.34. The molecule has 1 unspecified atom stereocenters. The number of nitrogens with zero attached hydrogens (tertiary/aromatic N) is 2. The highest BCUT2D eigenvalue weighted by Gasteiger charge is 2.34. The van der Waals surface area contributed by atoms with Crippen molar-refractivity contribution in [1.82, 2.24) is 10.2 Å². The van der Waals surface area contributed by atoms with Crippen molar-refractivity contribution in [3.05, 3.63) is 95.3 Å². The van der Waals surface area contributed by atoms with E-state index in [1.165, 1.54) is 35.2 Å². The van der Waals surface area contributed by atoms with Crippen LogP contribution in [0.1, 0.15) is 44.4 Å². The van der Waals surface area contributed by atoms with Crippen molar-refractivity contribution >= 4 is 27.5 Å². The fraction of sp³-hybridized carbons (Fsp3) is 0.333. The fourth-order valence-electron chi connectivity index (χ4n) is 4.09. The first-order valence-electron chi connectivity index (χ1n) is 12.7. The zero-order chi connectivity index (χ0) is 29.0. The first-order valence-corrected chi connectivity index (χ1v) is 14.1. The Kier molecular flexibility index (Phi) is 9.17. The zero-order valence-electron chi connectivity index (χ0n) is 23.2. The molecule has 1 atom stereocenters. The molecular weight excluding hydrogens is 517 g/mol. The normalized spacial score (nSPS) is 12.5. The molecule has 0 heterocycles. The van der Waals surface area contributed by atoms with Crippen LogP contribution < -0.4 is 9.62 Å². The largest absolute Gasteiger partial charge is 0.350 e. The van der Waals surface area contributed by atoms with Gasteiger partial charge in [-0.2, -0.15) is 0 Å². The molecule has 0 radical (unpaired) electrons. The van der Waals surface area contributed by atoms with Gasteiger partial charge in [-0.25, -0.2) is 12.8 Å². The summed E-state index contributed by atoms with van der Waals surface area (Å²) in [6.45, 7) is 9.80. The van der Waals surface area contributed by atoms with E-state index in [1.54, 1.807) is 50.2 Å². The monoisotopic (exact) mass is 553 g/mol. The molecule has 0 fully saturated rings. The molecule has 0 aromatic heterocycles. The SMILES string of the molecule is Cc1ccc(C)c(N(CC(=O)N(Cc2ccccc2F)C(C)C(=O)NC(C)(C)C)S(=O)(=O)c2ccccc2)c1. The van der Waals surface area contributed by atoms with Crippen molar-refractivity contribution in [2.24, 2.45) is 0 Å². The van der Waals surface area contributed by atoms with Crippen LogP contribution in [0.15, 0.2) is 77.7 Å². The van der Waals surface area contributed by atoms with E-state index in [1.807, 2.05) is 33.8 Å². The van der Waals surface area contributed by atoms with E-state index in [2.05, 4.69) is 5.32 Å². The Morgan fingerprint density at radius 1 is 0.949 bits per heavy atom. The molecule has 3 rings (SSSR count).